The summed E-state index contributed by atoms with van der Waals surface area (Å²) < 4.78 is 0. The number of carboxylic acids is 1. The minimum Gasteiger partial charge on any atom is -0.478 e. The fraction of sp³-hybridized carbons (Fsp3) is 0.273. The van der Waals surface area contributed by atoms with Gasteiger partial charge in [-0.25, -0.2) is 9.78 Å². The van der Waals surface area contributed by atoms with Gasteiger partial charge in [0.2, 0.25) is 0 Å². The van der Waals surface area contributed by atoms with Crippen molar-refractivity contribution in [2.75, 3.05) is 13.1 Å². The first kappa shape index (κ1) is 20.0. The van der Waals surface area contributed by atoms with Gasteiger partial charge in [0.15, 0.2) is 0 Å². The normalized spacial score (nSPS) is 14.5. The number of H-pyrrole nitrogens is 1. The SMILES string of the molecule is Cc1sc2nc(/C(=C\c3ccc(C(=O)O)cc3)C(=O)N3CCCC3)[nH]c(=O)c2c1C. The molecule has 0 spiro atoms. The van der Waals surface area contributed by atoms with Crippen LogP contribution in [0.15, 0.2) is 29.1 Å². The summed E-state index contributed by atoms with van der Waals surface area (Å²) in [5, 5.41) is 9.65. The zero-order valence-electron chi connectivity index (χ0n) is 16.7. The average Bonchev–Trinajstić information content (AvgIpc) is 3.35. The maximum Gasteiger partial charge on any atom is 0.335 e. The Hall–Kier alpha value is -3.26. The van der Waals surface area contributed by atoms with Gasteiger partial charge < -0.3 is 15.0 Å². The molecule has 3 aromatic rings. The third kappa shape index (κ3) is 3.66. The van der Waals surface area contributed by atoms with E-state index in [-0.39, 0.29) is 22.9 Å². The molecule has 2 N–H and O–H groups in total. The predicted octanol–water partition coefficient (Wildman–Crippen LogP) is 3.46. The predicted molar refractivity (Wildman–Crippen MR) is 117 cm³/mol. The molecule has 1 aromatic carbocycles. The summed E-state index contributed by atoms with van der Waals surface area (Å²) in [5.74, 6) is -0.978. The first-order valence-electron chi connectivity index (χ1n) is 9.70. The molecule has 1 aliphatic rings. The molecule has 1 amide bonds. The molecule has 0 atom stereocenters. The number of aromatic carboxylic acids is 1. The van der Waals surface area contributed by atoms with Crippen LogP contribution in [0.5, 0.6) is 0 Å². The van der Waals surface area contributed by atoms with Crippen molar-refractivity contribution in [2.24, 2.45) is 0 Å². The van der Waals surface area contributed by atoms with E-state index in [0.29, 0.717) is 34.4 Å². The Morgan fingerprint density at radius 2 is 1.83 bits per heavy atom. The molecule has 0 unspecified atom stereocenters. The molecule has 30 heavy (non-hydrogen) atoms. The van der Waals surface area contributed by atoms with Crippen LogP contribution in [-0.4, -0.2) is 44.9 Å². The highest BCUT2D eigenvalue weighted by Crippen LogP contribution is 2.28. The molecule has 7 nitrogen and oxygen atoms in total. The van der Waals surface area contributed by atoms with Gasteiger partial charge in [0.05, 0.1) is 16.5 Å². The lowest BCUT2D eigenvalue weighted by Crippen LogP contribution is -2.29. The molecule has 2 aromatic heterocycles. The van der Waals surface area contributed by atoms with Crippen molar-refractivity contribution in [1.29, 1.82) is 0 Å². The standard InChI is InChI=1S/C22H21N3O4S/c1-12-13(2)30-20-17(12)19(26)23-18(24-20)16(21(27)25-9-3-4-10-25)11-14-5-7-15(8-6-14)22(28)29/h5-8,11H,3-4,9-10H2,1-2H3,(H,28,29)(H,23,24,26)/b16-11+. The number of carbonyl (C=O) groups is 2. The van der Waals surface area contributed by atoms with Crippen LogP contribution >= 0.6 is 11.3 Å². The Bertz CT molecular complexity index is 1230. The van der Waals surface area contributed by atoms with Crippen molar-refractivity contribution < 1.29 is 14.7 Å². The lowest BCUT2D eigenvalue weighted by Gasteiger charge is -2.17. The molecule has 8 heteroatoms. The number of carboxylic acid groups (broad SMARTS) is 1. The second kappa shape index (κ2) is 7.87. The molecule has 1 saturated heterocycles. The number of aryl methyl sites for hydroxylation is 2. The number of carbonyl (C=O) groups excluding carboxylic acids is 1. The third-order valence-corrected chi connectivity index (χ3v) is 6.49. The van der Waals surface area contributed by atoms with Crippen LogP contribution < -0.4 is 5.56 Å². The van der Waals surface area contributed by atoms with E-state index in [9.17, 15) is 14.4 Å². The smallest absolute Gasteiger partial charge is 0.335 e. The van der Waals surface area contributed by atoms with E-state index in [1.165, 1.54) is 23.5 Å². The van der Waals surface area contributed by atoms with Crippen molar-refractivity contribution in [1.82, 2.24) is 14.9 Å². The number of thiophene rings is 1. The van der Waals surface area contributed by atoms with E-state index in [1.54, 1.807) is 23.1 Å². The summed E-state index contributed by atoms with van der Waals surface area (Å²) >= 11 is 1.43. The van der Waals surface area contributed by atoms with Crippen LogP contribution in [0.3, 0.4) is 0 Å². The maximum atomic E-state index is 13.2. The largest absolute Gasteiger partial charge is 0.478 e. The molecule has 1 fully saturated rings. The highest BCUT2D eigenvalue weighted by molar-refractivity contribution is 7.18. The van der Waals surface area contributed by atoms with Crippen LogP contribution in [0.4, 0.5) is 0 Å². The van der Waals surface area contributed by atoms with Crippen molar-refractivity contribution >= 4 is 45.1 Å². The van der Waals surface area contributed by atoms with Crippen LogP contribution in [0.25, 0.3) is 21.9 Å². The Kier molecular flexibility index (Phi) is 5.26. The second-order valence-corrected chi connectivity index (χ2v) is 8.57. The minimum absolute atomic E-state index is 0.164. The molecule has 0 saturated carbocycles. The lowest BCUT2D eigenvalue weighted by atomic mass is 10.1. The summed E-state index contributed by atoms with van der Waals surface area (Å²) in [5.41, 5.74) is 1.75. The van der Waals surface area contributed by atoms with Gasteiger partial charge in [0, 0.05) is 18.0 Å². The summed E-state index contributed by atoms with van der Waals surface area (Å²) in [7, 11) is 0. The molecular weight excluding hydrogens is 402 g/mol. The molecule has 0 radical (unpaired) electrons. The number of amides is 1. The summed E-state index contributed by atoms with van der Waals surface area (Å²) in [6.45, 7) is 5.16. The van der Waals surface area contributed by atoms with Crippen LogP contribution in [-0.2, 0) is 4.79 Å². The maximum absolute atomic E-state index is 13.2. The van der Waals surface area contributed by atoms with Crippen molar-refractivity contribution in [3.8, 4) is 0 Å². The number of nitrogens with one attached hydrogen (secondary N) is 1. The van der Waals surface area contributed by atoms with E-state index in [1.807, 2.05) is 13.8 Å². The fourth-order valence-corrected chi connectivity index (χ4v) is 4.62. The number of rotatable bonds is 4. The molecule has 3 heterocycles. The minimum atomic E-state index is -1.02. The molecule has 0 aliphatic carbocycles. The fourth-order valence-electron chi connectivity index (χ4n) is 3.59. The van der Waals surface area contributed by atoms with Crippen molar-refractivity contribution in [2.45, 2.75) is 26.7 Å². The van der Waals surface area contributed by atoms with E-state index in [4.69, 9.17) is 5.11 Å². The molecular formula is C22H21N3O4S. The Morgan fingerprint density at radius 1 is 1.17 bits per heavy atom. The van der Waals surface area contributed by atoms with Gasteiger partial charge in [-0.1, -0.05) is 12.1 Å². The quantitative estimate of drug-likeness (QED) is 0.626. The molecule has 1 aliphatic heterocycles. The number of hydrogen-bond donors (Lipinski definition) is 2. The number of aromatic amines is 1. The van der Waals surface area contributed by atoms with Gasteiger partial charge in [0.25, 0.3) is 11.5 Å². The van der Waals surface area contributed by atoms with Gasteiger partial charge in [-0.15, -0.1) is 11.3 Å². The Morgan fingerprint density at radius 3 is 2.47 bits per heavy atom. The van der Waals surface area contributed by atoms with Crippen molar-refractivity contribution in [3.05, 3.63) is 62.0 Å². The summed E-state index contributed by atoms with van der Waals surface area (Å²) in [4.78, 5) is 47.9. The number of nitrogens with zero attached hydrogens (tertiary/aromatic N) is 2. The molecule has 154 valence electrons. The van der Waals surface area contributed by atoms with Gasteiger partial charge in [-0.3, -0.25) is 9.59 Å². The number of aromatic nitrogens is 2. The summed E-state index contributed by atoms with van der Waals surface area (Å²) in [6, 6.07) is 6.24. The zero-order chi connectivity index (χ0) is 21.4. The van der Waals surface area contributed by atoms with E-state index in [0.717, 1.165) is 23.3 Å². The van der Waals surface area contributed by atoms with E-state index >= 15 is 0 Å². The van der Waals surface area contributed by atoms with E-state index < -0.39 is 5.97 Å². The first-order chi connectivity index (χ1) is 14.3. The van der Waals surface area contributed by atoms with Gasteiger partial charge in [-0.05, 0) is 56.0 Å². The first-order valence-corrected chi connectivity index (χ1v) is 10.5. The Labute approximate surface area is 176 Å². The highest BCUT2D eigenvalue weighted by atomic mass is 32.1. The summed E-state index contributed by atoms with van der Waals surface area (Å²) in [6.07, 6.45) is 3.54. The monoisotopic (exact) mass is 423 g/mol. The average molecular weight is 423 g/mol. The van der Waals surface area contributed by atoms with Crippen LogP contribution in [0.2, 0.25) is 0 Å². The van der Waals surface area contributed by atoms with E-state index in [2.05, 4.69) is 9.97 Å². The molecule has 0 bridgehead atoms. The third-order valence-electron chi connectivity index (χ3n) is 5.39. The number of likely N-dealkylation sites (tertiary alicyclic amines) is 1. The second-order valence-electron chi connectivity index (χ2n) is 7.36. The van der Waals surface area contributed by atoms with Gasteiger partial charge in [0.1, 0.15) is 10.7 Å². The van der Waals surface area contributed by atoms with Crippen molar-refractivity contribution in [3.63, 3.8) is 0 Å². The lowest BCUT2D eigenvalue weighted by molar-refractivity contribution is -0.123. The van der Waals surface area contributed by atoms with Crippen LogP contribution in [0.1, 0.15) is 45.0 Å². The molecule has 4 rings (SSSR count). The zero-order valence-corrected chi connectivity index (χ0v) is 17.5. The van der Waals surface area contributed by atoms with Gasteiger partial charge >= 0.3 is 5.97 Å². The number of benzene rings is 1. The topological polar surface area (TPSA) is 103 Å². The highest BCUT2D eigenvalue weighted by Gasteiger charge is 2.25. The van der Waals surface area contributed by atoms with Crippen LogP contribution in [0, 0.1) is 13.8 Å². The number of fused-ring (bicyclic) bond motifs is 1. The van der Waals surface area contributed by atoms with Gasteiger partial charge in [-0.2, -0.15) is 0 Å². The number of hydrogen-bond acceptors (Lipinski definition) is 5. The Balaban J connectivity index is 1.85.